The second-order valence-corrected chi connectivity index (χ2v) is 8.20. The SMILES string of the molecule is C1C2CC1O2.FC(F)Oc1ccccc1C(Cc1ccncc1)c1ccc(Br)cn1. The van der Waals surface area contributed by atoms with Gasteiger partial charge >= 0.3 is 6.61 Å². The van der Waals surface area contributed by atoms with Crippen LogP contribution in [0.15, 0.2) is 71.6 Å². The lowest BCUT2D eigenvalue weighted by atomic mass is 9.84. The molecule has 0 amide bonds. The molecule has 0 radical (unpaired) electrons. The van der Waals surface area contributed by atoms with E-state index >= 15 is 0 Å². The summed E-state index contributed by atoms with van der Waals surface area (Å²) in [5.74, 6) is -0.0493. The van der Waals surface area contributed by atoms with Gasteiger partial charge in [-0.25, -0.2) is 0 Å². The summed E-state index contributed by atoms with van der Waals surface area (Å²) in [6.07, 6.45) is 9.86. The molecule has 2 bridgehead atoms. The van der Waals surface area contributed by atoms with Crippen LogP contribution in [0.25, 0.3) is 0 Å². The van der Waals surface area contributed by atoms with Gasteiger partial charge < -0.3 is 9.47 Å². The summed E-state index contributed by atoms with van der Waals surface area (Å²) in [5, 5.41) is 0. The molecule has 30 heavy (non-hydrogen) atoms. The molecule has 1 unspecified atom stereocenters. The third kappa shape index (κ3) is 5.21. The Morgan fingerprint density at radius 2 is 1.70 bits per heavy atom. The van der Waals surface area contributed by atoms with Crippen LogP contribution in [0.1, 0.15) is 35.6 Å². The lowest BCUT2D eigenvalue weighted by Crippen LogP contribution is -2.52. The molecule has 6 rings (SSSR count). The normalized spacial score (nSPS) is 19.7. The summed E-state index contributed by atoms with van der Waals surface area (Å²) in [6.45, 7) is -2.87. The molecule has 1 aliphatic carbocycles. The van der Waals surface area contributed by atoms with E-state index in [1.165, 1.54) is 12.8 Å². The van der Waals surface area contributed by atoms with Gasteiger partial charge in [-0.3, -0.25) is 9.97 Å². The van der Waals surface area contributed by atoms with Crippen molar-refractivity contribution in [3.05, 3.63) is 88.4 Å². The van der Waals surface area contributed by atoms with Crippen molar-refractivity contribution in [2.45, 2.75) is 44.0 Å². The molecule has 1 saturated carbocycles. The Balaban J connectivity index is 0.000000372. The maximum absolute atomic E-state index is 12.8. The summed E-state index contributed by atoms with van der Waals surface area (Å²) in [7, 11) is 0. The van der Waals surface area contributed by atoms with Gasteiger partial charge in [0.15, 0.2) is 0 Å². The minimum absolute atomic E-state index is 0.168. The van der Waals surface area contributed by atoms with Crippen molar-refractivity contribution in [3.63, 3.8) is 0 Å². The van der Waals surface area contributed by atoms with Crippen molar-refractivity contribution < 1.29 is 18.3 Å². The number of aromatic nitrogens is 2. The lowest BCUT2D eigenvalue weighted by Gasteiger charge is -2.49. The van der Waals surface area contributed by atoms with E-state index in [-0.39, 0.29) is 11.7 Å². The molecule has 3 aliphatic rings. The third-order valence-electron chi connectivity index (χ3n) is 5.24. The molecule has 1 aromatic carbocycles. The standard InChI is InChI=1S/C19H15BrF2N2O.C4H6O/c20-14-5-6-17(24-12-14)16(11-13-7-9-23-10-8-13)15-3-1-2-4-18(15)25-19(21)22;1-3-2-4(1)5-3/h1-10,12,16,19H,11H2;3-4H,1-2H2. The molecule has 4 nitrogen and oxygen atoms in total. The summed E-state index contributed by atoms with van der Waals surface area (Å²) < 4.78 is 36.2. The monoisotopic (exact) mass is 474 g/mol. The van der Waals surface area contributed by atoms with Crippen LogP contribution in [-0.4, -0.2) is 28.8 Å². The van der Waals surface area contributed by atoms with Gasteiger partial charge in [-0.1, -0.05) is 18.2 Å². The smallest absolute Gasteiger partial charge is 0.387 e. The summed E-state index contributed by atoms with van der Waals surface area (Å²) in [4.78, 5) is 8.49. The Morgan fingerprint density at radius 1 is 1.03 bits per heavy atom. The van der Waals surface area contributed by atoms with E-state index in [1.54, 1.807) is 36.8 Å². The average Bonchev–Trinajstić information content (AvgIpc) is 2.66. The summed E-state index contributed by atoms with van der Waals surface area (Å²) >= 11 is 3.37. The number of pyridine rings is 2. The van der Waals surface area contributed by atoms with Crippen LogP contribution in [0.3, 0.4) is 0 Å². The molecule has 3 fully saturated rings. The topological polar surface area (TPSA) is 44.2 Å². The van der Waals surface area contributed by atoms with E-state index in [0.717, 1.165) is 15.7 Å². The van der Waals surface area contributed by atoms with Gasteiger partial charge in [0.1, 0.15) is 5.75 Å². The first-order valence-corrected chi connectivity index (χ1v) is 10.6. The van der Waals surface area contributed by atoms with Gasteiger partial charge in [-0.2, -0.15) is 8.78 Å². The largest absolute Gasteiger partial charge is 0.435 e. The fourth-order valence-corrected chi connectivity index (χ4v) is 3.70. The van der Waals surface area contributed by atoms with Crippen molar-refractivity contribution in [1.29, 1.82) is 0 Å². The maximum atomic E-state index is 12.8. The molecule has 7 heteroatoms. The molecule has 2 aromatic heterocycles. The zero-order chi connectivity index (χ0) is 20.9. The van der Waals surface area contributed by atoms with Gasteiger partial charge in [-0.15, -0.1) is 0 Å². The Kier molecular flexibility index (Phi) is 6.69. The number of hydrogen-bond donors (Lipinski definition) is 0. The van der Waals surface area contributed by atoms with Gasteiger partial charge in [0, 0.05) is 40.2 Å². The number of nitrogens with zero attached hydrogens (tertiary/aromatic N) is 2. The van der Waals surface area contributed by atoms with E-state index in [0.29, 0.717) is 24.2 Å². The van der Waals surface area contributed by atoms with Crippen LogP contribution in [0.4, 0.5) is 8.78 Å². The predicted molar refractivity (Wildman–Crippen MR) is 113 cm³/mol. The van der Waals surface area contributed by atoms with E-state index in [4.69, 9.17) is 9.47 Å². The van der Waals surface area contributed by atoms with Gasteiger partial charge in [-0.05, 0) is 71.1 Å². The molecule has 156 valence electrons. The molecular weight excluding hydrogens is 454 g/mol. The van der Waals surface area contributed by atoms with Gasteiger partial charge in [0.25, 0.3) is 0 Å². The fraction of sp³-hybridized carbons (Fsp3) is 0.304. The molecule has 1 atom stereocenters. The third-order valence-corrected chi connectivity index (χ3v) is 5.71. The van der Waals surface area contributed by atoms with E-state index in [9.17, 15) is 8.78 Å². The highest BCUT2D eigenvalue weighted by molar-refractivity contribution is 9.10. The molecule has 0 spiro atoms. The predicted octanol–water partition coefficient (Wildman–Crippen LogP) is 5.76. The minimum Gasteiger partial charge on any atom is -0.435 e. The van der Waals surface area contributed by atoms with Crippen LogP contribution in [0.5, 0.6) is 5.75 Å². The maximum Gasteiger partial charge on any atom is 0.387 e. The second-order valence-electron chi connectivity index (χ2n) is 7.28. The number of alkyl halides is 2. The van der Waals surface area contributed by atoms with Gasteiger partial charge in [0.05, 0.1) is 12.2 Å². The molecular formula is C23H21BrF2N2O2. The van der Waals surface area contributed by atoms with Crippen molar-refractivity contribution in [2.75, 3.05) is 0 Å². The number of para-hydroxylation sites is 1. The summed E-state index contributed by atoms with van der Waals surface area (Å²) in [5.41, 5.74) is 2.50. The Bertz CT molecular complexity index is 937. The van der Waals surface area contributed by atoms with Crippen LogP contribution >= 0.6 is 15.9 Å². The van der Waals surface area contributed by atoms with Crippen LogP contribution in [0.2, 0.25) is 0 Å². The first-order chi connectivity index (χ1) is 14.6. The Hall–Kier alpha value is -2.38. The second kappa shape index (κ2) is 9.62. The van der Waals surface area contributed by atoms with Crippen molar-refractivity contribution >= 4 is 15.9 Å². The molecule has 3 aromatic rings. The number of benzene rings is 1. The first-order valence-electron chi connectivity index (χ1n) is 9.78. The minimum atomic E-state index is -2.87. The molecule has 0 N–H and O–H groups in total. The number of ether oxygens (including phenoxy) is 2. The molecule has 2 saturated heterocycles. The van der Waals surface area contributed by atoms with Gasteiger partial charge in [0.2, 0.25) is 0 Å². The fourth-order valence-electron chi connectivity index (χ4n) is 3.46. The quantitative estimate of drug-likeness (QED) is 0.455. The summed E-state index contributed by atoms with van der Waals surface area (Å²) in [6, 6.07) is 14.4. The Morgan fingerprint density at radius 3 is 2.27 bits per heavy atom. The highest BCUT2D eigenvalue weighted by Gasteiger charge is 2.43. The van der Waals surface area contributed by atoms with Crippen LogP contribution < -0.4 is 4.74 Å². The van der Waals surface area contributed by atoms with E-state index in [2.05, 4.69) is 25.9 Å². The number of halogens is 3. The average molecular weight is 475 g/mol. The number of hydrogen-bond acceptors (Lipinski definition) is 4. The van der Waals surface area contributed by atoms with Crippen LogP contribution in [0, 0.1) is 0 Å². The van der Waals surface area contributed by atoms with E-state index < -0.39 is 6.61 Å². The van der Waals surface area contributed by atoms with Crippen molar-refractivity contribution in [3.8, 4) is 5.75 Å². The zero-order valence-corrected chi connectivity index (χ0v) is 17.7. The van der Waals surface area contributed by atoms with Crippen molar-refractivity contribution in [2.24, 2.45) is 0 Å². The first kappa shape index (κ1) is 20.9. The Labute approximate surface area is 182 Å². The molecule has 4 heterocycles. The highest BCUT2D eigenvalue weighted by Crippen LogP contribution is 2.39. The lowest BCUT2D eigenvalue weighted by molar-refractivity contribution is -0.237. The highest BCUT2D eigenvalue weighted by atomic mass is 79.9. The number of rotatable bonds is 6. The molecule has 2 aliphatic heterocycles. The van der Waals surface area contributed by atoms with E-state index in [1.807, 2.05) is 30.3 Å². The van der Waals surface area contributed by atoms with Crippen molar-refractivity contribution in [1.82, 2.24) is 9.97 Å². The zero-order valence-electron chi connectivity index (χ0n) is 16.1. The van der Waals surface area contributed by atoms with Crippen LogP contribution in [-0.2, 0) is 11.2 Å².